The number of nitrogens with zero attached hydrogens (tertiary/aromatic N) is 1. The highest BCUT2D eigenvalue weighted by atomic mass is 16.2. The summed E-state index contributed by atoms with van der Waals surface area (Å²) in [5, 5.41) is 2.87. The fourth-order valence-corrected chi connectivity index (χ4v) is 2.59. The van der Waals surface area contributed by atoms with Crippen LogP contribution in [-0.2, 0) is 9.59 Å². The second-order valence-electron chi connectivity index (χ2n) is 5.73. The molecular weight excluding hydrogens is 228 g/mol. The Kier molecular flexibility index (Phi) is 5.79. The molecule has 1 fully saturated rings. The van der Waals surface area contributed by atoms with Crippen LogP contribution in [0.3, 0.4) is 0 Å². The van der Waals surface area contributed by atoms with Gasteiger partial charge in [-0.1, -0.05) is 20.3 Å². The second kappa shape index (κ2) is 6.88. The first-order valence-electron chi connectivity index (χ1n) is 6.92. The van der Waals surface area contributed by atoms with E-state index >= 15 is 0 Å². The van der Waals surface area contributed by atoms with Crippen molar-refractivity contribution >= 4 is 11.7 Å². The standard InChI is InChI=1S/C14H26N2O2/c1-10(2)14(11(3)17)15-13(18)9-12-7-5-6-8-16(12)4/h10,12,14H,5-9H2,1-4H3,(H,15,18). The molecule has 0 saturated carbocycles. The second-order valence-corrected chi connectivity index (χ2v) is 5.73. The molecule has 18 heavy (non-hydrogen) atoms. The number of likely N-dealkylation sites (tertiary alicyclic amines) is 1. The molecule has 1 heterocycles. The summed E-state index contributed by atoms with van der Waals surface area (Å²) in [6.45, 7) is 6.52. The van der Waals surface area contributed by atoms with E-state index in [-0.39, 0.29) is 23.7 Å². The quantitative estimate of drug-likeness (QED) is 0.810. The number of carbonyl (C=O) groups excluding carboxylic acids is 2. The average molecular weight is 254 g/mol. The maximum absolute atomic E-state index is 12.0. The molecule has 0 aliphatic carbocycles. The zero-order valence-electron chi connectivity index (χ0n) is 12.0. The summed E-state index contributed by atoms with van der Waals surface area (Å²) in [6.07, 6.45) is 4.00. The van der Waals surface area contributed by atoms with Gasteiger partial charge in [0.1, 0.15) is 0 Å². The van der Waals surface area contributed by atoms with E-state index in [0.717, 1.165) is 13.0 Å². The Morgan fingerprint density at radius 3 is 2.50 bits per heavy atom. The van der Waals surface area contributed by atoms with Crippen LogP contribution in [0.4, 0.5) is 0 Å². The predicted octanol–water partition coefficient (Wildman–Crippen LogP) is 1.59. The number of hydrogen-bond donors (Lipinski definition) is 1. The van der Waals surface area contributed by atoms with E-state index in [2.05, 4.69) is 17.3 Å². The highest BCUT2D eigenvalue weighted by Crippen LogP contribution is 2.17. The molecule has 0 radical (unpaired) electrons. The fraction of sp³-hybridized carbons (Fsp3) is 0.857. The molecule has 0 spiro atoms. The average Bonchev–Trinajstić information content (AvgIpc) is 2.28. The van der Waals surface area contributed by atoms with Crippen LogP contribution in [0.5, 0.6) is 0 Å². The van der Waals surface area contributed by atoms with E-state index in [0.29, 0.717) is 12.5 Å². The minimum absolute atomic E-state index is 0.00245. The van der Waals surface area contributed by atoms with Gasteiger partial charge in [0.05, 0.1) is 6.04 Å². The number of carbonyl (C=O) groups is 2. The van der Waals surface area contributed by atoms with E-state index in [1.54, 1.807) is 0 Å². The Bertz CT molecular complexity index is 302. The lowest BCUT2D eigenvalue weighted by Crippen LogP contribution is -2.46. The van der Waals surface area contributed by atoms with E-state index in [4.69, 9.17) is 0 Å². The summed E-state index contributed by atoms with van der Waals surface area (Å²) < 4.78 is 0. The predicted molar refractivity (Wildman–Crippen MR) is 72.3 cm³/mol. The number of rotatable bonds is 5. The first kappa shape index (κ1) is 15.2. The maximum Gasteiger partial charge on any atom is 0.222 e. The van der Waals surface area contributed by atoms with Gasteiger partial charge in [-0.15, -0.1) is 0 Å². The molecule has 0 aromatic heterocycles. The third kappa shape index (κ3) is 4.41. The molecule has 1 saturated heterocycles. The maximum atomic E-state index is 12.0. The zero-order chi connectivity index (χ0) is 13.7. The molecule has 2 unspecified atom stereocenters. The molecule has 1 aliphatic rings. The molecule has 0 bridgehead atoms. The minimum Gasteiger partial charge on any atom is -0.346 e. The van der Waals surface area contributed by atoms with Crippen molar-refractivity contribution in [2.75, 3.05) is 13.6 Å². The van der Waals surface area contributed by atoms with E-state index in [1.807, 2.05) is 13.8 Å². The summed E-state index contributed by atoms with van der Waals surface area (Å²) in [5.41, 5.74) is 0. The van der Waals surface area contributed by atoms with Gasteiger partial charge in [0.25, 0.3) is 0 Å². The molecule has 104 valence electrons. The molecule has 0 aromatic carbocycles. The van der Waals surface area contributed by atoms with Gasteiger partial charge in [-0.2, -0.15) is 0 Å². The molecule has 4 nitrogen and oxygen atoms in total. The number of ketones is 1. The molecule has 1 aliphatic heterocycles. The Balaban J connectivity index is 2.47. The van der Waals surface area contributed by atoms with Crippen LogP contribution in [0.1, 0.15) is 46.5 Å². The summed E-state index contributed by atoms with van der Waals surface area (Å²) in [6, 6.07) is -0.00934. The van der Waals surface area contributed by atoms with Crippen LogP contribution < -0.4 is 5.32 Å². The van der Waals surface area contributed by atoms with E-state index in [9.17, 15) is 9.59 Å². The first-order chi connectivity index (χ1) is 8.41. The Morgan fingerprint density at radius 2 is 2.00 bits per heavy atom. The van der Waals surface area contributed by atoms with Gasteiger partial charge in [0.2, 0.25) is 5.91 Å². The topological polar surface area (TPSA) is 49.4 Å². The normalized spacial score (nSPS) is 22.8. The lowest BCUT2D eigenvalue weighted by molar-refractivity contribution is -0.128. The van der Waals surface area contributed by atoms with E-state index < -0.39 is 0 Å². The Labute approximate surface area is 110 Å². The number of Topliss-reactive ketones (excluding diaryl/α,β-unsaturated/α-hetero) is 1. The van der Waals surface area contributed by atoms with Crippen LogP contribution in [0.15, 0.2) is 0 Å². The fourth-order valence-electron chi connectivity index (χ4n) is 2.59. The van der Waals surface area contributed by atoms with Crippen LogP contribution >= 0.6 is 0 Å². The molecule has 2 atom stereocenters. The molecule has 4 heteroatoms. The zero-order valence-corrected chi connectivity index (χ0v) is 12.0. The van der Waals surface area contributed by atoms with Gasteiger partial charge in [0, 0.05) is 12.5 Å². The summed E-state index contributed by atoms with van der Waals surface area (Å²) in [4.78, 5) is 25.7. The van der Waals surface area contributed by atoms with Crippen LogP contribution in [0, 0.1) is 5.92 Å². The Hall–Kier alpha value is -0.900. The number of piperidine rings is 1. The summed E-state index contributed by atoms with van der Waals surface area (Å²) in [7, 11) is 2.07. The third-order valence-electron chi connectivity index (χ3n) is 3.76. The van der Waals surface area contributed by atoms with Crippen molar-refractivity contribution in [1.29, 1.82) is 0 Å². The lowest BCUT2D eigenvalue weighted by Gasteiger charge is -2.32. The van der Waals surface area contributed by atoms with Crippen molar-refractivity contribution in [1.82, 2.24) is 10.2 Å². The first-order valence-corrected chi connectivity index (χ1v) is 6.92. The van der Waals surface area contributed by atoms with Crippen LogP contribution in [0.2, 0.25) is 0 Å². The number of hydrogen-bond acceptors (Lipinski definition) is 3. The molecule has 1 rings (SSSR count). The SMILES string of the molecule is CC(=O)C(NC(=O)CC1CCCCN1C)C(C)C. The van der Waals surface area contributed by atoms with Crippen LogP contribution in [0.25, 0.3) is 0 Å². The number of amides is 1. The highest BCUT2D eigenvalue weighted by Gasteiger charge is 2.25. The summed E-state index contributed by atoms with van der Waals surface area (Å²) in [5.74, 6) is 0.188. The minimum atomic E-state index is -0.341. The van der Waals surface area contributed by atoms with Crippen molar-refractivity contribution in [2.45, 2.75) is 58.5 Å². The van der Waals surface area contributed by atoms with Gasteiger partial charge in [-0.05, 0) is 39.3 Å². The molecular formula is C14H26N2O2. The highest BCUT2D eigenvalue weighted by molar-refractivity contribution is 5.87. The van der Waals surface area contributed by atoms with E-state index in [1.165, 1.54) is 19.8 Å². The molecule has 1 N–H and O–H groups in total. The number of nitrogens with one attached hydrogen (secondary N) is 1. The van der Waals surface area contributed by atoms with Gasteiger partial charge in [-0.3, -0.25) is 9.59 Å². The van der Waals surface area contributed by atoms with Gasteiger partial charge in [-0.25, -0.2) is 0 Å². The third-order valence-corrected chi connectivity index (χ3v) is 3.76. The monoisotopic (exact) mass is 254 g/mol. The van der Waals surface area contributed by atoms with Crippen LogP contribution in [-0.4, -0.2) is 42.3 Å². The van der Waals surface area contributed by atoms with Crippen molar-refractivity contribution in [3.63, 3.8) is 0 Å². The smallest absolute Gasteiger partial charge is 0.222 e. The summed E-state index contributed by atoms with van der Waals surface area (Å²) >= 11 is 0. The van der Waals surface area contributed by atoms with Crippen molar-refractivity contribution < 1.29 is 9.59 Å². The van der Waals surface area contributed by atoms with Crippen molar-refractivity contribution in [3.05, 3.63) is 0 Å². The molecule has 1 amide bonds. The van der Waals surface area contributed by atoms with Crippen molar-refractivity contribution in [3.8, 4) is 0 Å². The molecule has 0 aromatic rings. The van der Waals surface area contributed by atoms with Crippen molar-refractivity contribution in [2.24, 2.45) is 5.92 Å². The lowest BCUT2D eigenvalue weighted by atomic mass is 9.98. The Morgan fingerprint density at radius 1 is 1.33 bits per heavy atom. The van der Waals surface area contributed by atoms with Gasteiger partial charge >= 0.3 is 0 Å². The van der Waals surface area contributed by atoms with Gasteiger partial charge in [0.15, 0.2) is 5.78 Å². The largest absolute Gasteiger partial charge is 0.346 e. The van der Waals surface area contributed by atoms with Gasteiger partial charge < -0.3 is 10.2 Å².